The number of hydrogen-bond donors (Lipinski definition) is 2. The molecule has 1 aliphatic rings. The zero-order chi connectivity index (χ0) is 31.1. The minimum absolute atomic E-state index is 0.108. The maximum absolute atomic E-state index is 15.9. The molecule has 43 heavy (non-hydrogen) atoms. The molecule has 1 fully saturated rings. The number of carbonyl (C=O) groups is 1. The molecule has 2 aromatic carbocycles. The van der Waals surface area contributed by atoms with E-state index in [0.717, 1.165) is 31.6 Å². The lowest BCUT2D eigenvalue weighted by atomic mass is 9.92. The van der Waals surface area contributed by atoms with Crippen LogP contribution < -0.4 is 10.2 Å². The Morgan fingerprint density at radius 3 is 2.53 bits per heavy atom. The smallest absolute Gasteiger partial charge is 0.323 e. The van der Waals surface area contributed by atoms with Gasteiger partial charge in [-0.1, -0.05) is 31.5 Å². The summed E-state index contributed by atoms with van der Waals surface area (Å²) in [6.07, 6.45) is 2.50. The molecule has 226 valence electrons. The van der Waals surface area contributed by atoms with Crippen molar-refractivity contribution in [3.05, 3.63) is 82.6 Å². The van der Waals surface area contributed by atoms with Gasteiger partial charge in [0.05, 0.1) is 22.8 Å². The normalized spacial score (nSPS) is 18.6. The summed E-state index contributed by atoms with van der Waals surface area (Å²) >= 11 is 5.93. The second-order valence-corrected chi connectivity index (χ2v) is 13.4. The Morgan fingerprint density at radius 2 is 1.84 bits per heavy atom. The molecule has 1 aliphatic heterocycles. The van der Waals surface area contributed by atoms with Crippen molar-refractivity contribution in [3.63, 3.8) is 0 Å². The van der Waals surface area contributed by atoms with Gasteiger partial charge in [-0.05, 0) is 48.6 Å². The summed E-state index contributed by atoms with van der Waals surface area (Å²) in [6.45, 7) is 5.56. The molecule has 13 heteroatoms. The van der Waals surface area contributed by atoms with Crippen LogP contribution in [0.2, 0.25) is 5.02 Å². The molecule has 4 aromatic rings. The summed E-state index contributed by atoms with van der Waals surface area (Å²) in [4.78, 5) is 23.1. The van der Waals surface area contributed by atoms with Crippen molar-refractivity contribution in [2.24, 2.45) is 11.8 Å². The number of carbonyl (C=O) groups excluding carboxylic acids is 1. The average Bonchev–Trinajstić information content (AvgIpc) is 2.95. The molecule has 2 aromatic heterocycles. The number of pyridine rings is 2. The maximum atomic E-state index is 15.9. The number of nitrogens with one attached hydrogen (secondary N) is 2. The first-order valence-electron chi connectivity index (χ1n) is 13.5. The van der Waals surface area contributed by atoms with Crippen LogP contribution >= 0.6 is 11.6 Å². The molecular weight excluding hydrogens is 606 g/mol. The fraction of sp³-hybridized carbons (Fsp3) is 0.300. The van der Waals surface area contributed by atoms with Crippen molar-refractivity contribution in [1.82, 2.24) is 15.3 Å². The van der Waals surface area contributed by atoms with E-state index in [-0.39, 0.29) is 39.5 Å². The molecule has 0 spiro atoms. The van der Waals surface area contributed by atoms with E-state index < -0.39 is 37.9 Å². The van der Waals surface area contributed by atoms with Gasteiger partial charge >= 0.3 is 5.76 Å². The first-order valence-corrected chi connectivity index (χ1v) is 15.5. The quantitative estimate of drug-likeness (QED) is 0.209. The van der Waals surface area contributed by atoms with Crippen molar-refractivity contribution in [3.8, 4) is 11.3 Å². The Labute approximate surface area is 251 Å². The average molecular weight is 634 g/mol. The van der Waals surface area contributed by atoms with E-state index in [2.05, 4.69) is 29.1 Å². The maximum Gasteiger partial charge on any atom is 0.323 e. The number of fused-ring (bicyclic) bond motifs is 1. The van der Waals surface area contributed by atoms with Crippen molar-refractivity contribution < 1.29 is 26.6 Å². The first kappa shape index (κ1) is 30.7. The lowest BCUT2D eigenvalue weighted by Crippen LogP contribution is -2.39. The van der Waals surface area contributed by atoms with Crippen LogP contribution in [0.1, 0.15) is 36.3 Å². The van der Waals surface area contributed by atoms with Gasteiger partial charge < -0.3 is 10.2 Å². The van der Waals surface area contributed by atoms with Crippen LogP contribution in [0.3, 0.4) is 0 Å². The molecule has 1 unspecified atom stereocenters. The summed E-state index contributed by atoms with van der Waals surface area (Å²) in [7, 11) is -4.48. The number of amides is 1. The third-order valence-electron chi connectivity index (χ3n) is 7.30. The molecule has 1 amide bonds. The Bertz CT molecular complexity index is 1810. The Hall–Kier alpha value is -3.77. The first-order chi connectivity index (χ1) is 20.3. The number of piperidine rings is 1. The van der Waals surface area contributed by atoms with E-state index in [0.29, 0.717) is 23.0 Å². The van der Waals surface area contributed by atoms with E-state index in [9.17, 15) is 22.2 Å². The van der Waals surface area contributed by atoms with Crippen LogP contribution in [0.15, 0.2) is 59.6 Å². The molecule has 0 radical (unpaired) electrons. The molecule has 0 bridgehead atoms. The van der Waals surface area contributed by atoms with Gasteiger partial charge in [0.2, 0.25) is 0 Å². The summed E-state index contributed by atoms with van der Waals surface area (Å²) in [5, 5.41) is 3.07. The zero-order valence-electron chi connectivity index (χ0n) is 23.2. The van der Waals surface area contributed by atoms with Gasteiger partial charge in [-0.2, -0.15) is 8.78 Å². The molecule has 1 saturated heterocycles. The molecule has 7 nitrogen and oxygen atoms in total. The lowest BCUT2D eigenvalue weighted by Gasteiger charge is -2.36. The van der Waals surface area contributed by atoms with Crippen LogP contribution in [0.4, 0.5) is 23.4 Å². The van der Waals surface area contributed by atoms with Gasteiger partial charge in [0.15, 0.2) is 0 Å². The Morgan fingerprint density at radius 1 is 1.12 bits per heavy atom. The molecule has 3 atom stereocenters. The second-order valence-electron chi connectivity index (χ2n) is 10.9. The van der Waals surface area contributed by atoms with Crippen molar-refractivity contribution in [1.29, 1.82) is 4.78 Å². The summed E-state index contributed by atoms with van der Waals surface area (Å²) in [5.41, 5.74) is 0.360. The highest BCUT2D eigenvalue weighted by Gasteiger charge is 2.25. The number of alkyl halides is 2. The number of nitrogens with zero attached hydrogens (tertiary/aromatic N) is 3. The third-order valence-corrected chi connectivity index (χ3v) is 8.96. The van der Waals surface area contributed by atoms with Gasteiger partial charge in [-0.15, -0.1) is 0 Å². The van der Waals surface area contributed by atoms with E-state index in [1.54, 1.807) is 6.07 Å². The predicted molar refractivity (Wildman–Crippen MR) is 158 cm³/mol. The standard InChI is InChI=1S/C30H28ClF4N5O2S/c1-16-5-17(2)15-40(14-16)27-10-21(32)9-26(39-27)24-4-3-18-12-37-22(11-25(18)28(24)33)13-38-29(41)19-6-20(31)8-23(7-19)43(36,42)30(34)35/h3-4,6-12,16-17,30,36H,5,13-15H2,1-2H3,(H,38,41)/t16-,17+,43?. The molecular formula is C30H28ClF4N5O2S. The topological polar surface area (TPSA) is 99.0 Å². The van der Waals surface area contributed by atoms with Crippen LogP contribution in [-0.4, -0.2) is 38.9 Å². The van der Waals surface area contributed by atoms with Gasteiger partial charge in [-0.3, -0.25) is 9.78 Å². The summed E-state index contributed by atoms with van der Waals surface area (Å²) in [5.74, 6) is -4.09. The zero-order valence-corrected chi connectivity index (χ0v) is 24.8. The van der Waals surface area contributed by atoms with Crippen molar-refractivity contribution >= 4 is 43.8 Å². The number of benzene rings is 2. The fourth-order valence-corrected chi connectivity index (χ4v) is 6.51. The van der Waals surface area contributed by atoms with Crippen LogP contribution in [0.25, 0.3) is 22.0 Å². The lowest BCUT2D eigenvalue weighted by molar-refractivity contribution is 0.0950. The van der Waals surface area contributed by atoms with E-state index in [4.69, 9.17) is 16.4 Å². The highest BCUT2D eigenvalue weighted by molar-refractivity contribution is 7.92. The summed E-state index contributed by atoms with van der Waals surface area (Å²) in [6, 6.07) is 10.2. The van der Waals surface area contributed by atoms with E-state index >= 15 is 4.39 Å². The SMILES string of the molecule is C[C@@H]1C[C@H](C)CN(c2cc(F)cc(-c3ccc4cnc(CNC(=O)c5cc(Cl)cc(S(=N)(=O)C(F)F)c5)cc4c3F)n2)C1. The number of hydrogen-bond acceptors (Lipinski definition) is 6. The minimum atomic E-state index is -4.48. The Balaban J connectivity index is 1.40. The van der Waals surface area contributed by atoms with Crippen LogP contribution in [0, 0.1) is 28.2 Å². The summed E-state index contributed by atoms with van der Waals surface area (Å²) < 4.78 is 76.4. The van der Waals surface area contributed by atoms with E-state index in [1.807, 2.05) is 4.90 Å². The van der Waals surface area contributed by atoms with Crippen molar-refractivity contribution in [2.45, 2.75) is 37.5 Å². The minimum Gasteiger partial charge on any atom is -0.356 e. The number of halogens is 5. The Kier molecular flexibility index (Phi) is 8.62. The van der Waals surface area contributed by atoms with Gasteiger partial charge in [0.1, 0.15) is 27.2 Å². The number of rotatable bonds is 7. The van der Waals surface area contributed by atoms with Gasteiger partial charge in [-0.25, -0.2) is 22.8 Å². The highest BCUT2D eigenvalue weighted by Crippen LogP contribution is 2.32. The van der Waals surface area contributed by atoms with Crippen molar-refractivity contribution in [2.75, 3.05) is 18.0 Å². The third kappa shape index (κ3) is 6.59. The van der Waals surface area contributed by atoms with Gasteiger partial charge in [0.25, 0.3) is 5.91 Å². The molecule has 3 heterocycles. The molecule has 5 rings (SSSR count). The van der Waals surface area contributed by atoms with Gasteiger partial charge in [0, 0.05) is 58.3 Å². The fourth-order valence-electron chi connectivity index (χ4n) is 5.40. The largest absolute Gasteiger partial charge is 0.356 e. The van der Waals surface area contributed by atoms with Crippen LogP contribution in [0.5, 0.6) is 0 Å². The van der Waals surface area contributed by atoms with Crippen LogP contribution in [-0.2, 0) is 16.3 Å². The number of anilines is 1. The molecule has 0 aliphatic carbocycles. The predicted octanol–water partition coefficient (Wildman–Crippen LogP) is 7.27. The highest BCUT2D eigenvalue weighted by atomic mass is 35.5. The van der Waals surface area contributed by atoms with E-state index in [1.165, 1.54) is 36.5 Å². The second kappa shape index (κ2) is 12.1. The number of aromatic nitrogens is 2. The monoisotopic (exact) mass is 633 g/mol. The molecule has 0 saturated carbocycles. The molecule has 2 N–H and O–H groups in total.